The minimum atomic E-state index is -3.23. The summed E-state index contributed by atoms with van der Waals surface area (Å²) in [4.78, 5) is 11.8. The first kappa shape index (κ1) is 21.0. The molecule has 0 saturated heterocycles. The highest BCUT2D eigenvalue weighted by Crippen LogP contribution is 2.18. The molecule has 24 heavy (non-hydrogen) atoms. The number of hydrogen-bond donors (Lipinski definition) is 1. The predicted molar refractivity (Wildman–Crippen MR) is 98.9 cm³/mol. The number of nitrogens with one attached hydrogen (secondary N) is 1. The Morgan fingerprint density at radius 1 is 1.17 bits per heavy atom. The third-order valence-corrected chi connectivity index (χ3v) is 5.45. The van der Waals surface area contributed by atoms with Gasteiger partial charge in [-0.2, -0.15) is 0 Å². The molecule has 0 fully saturated rings. The van der Waals surface area contributed by atoms with Crippen LogP contribution in [0.25, 0.3) is 0 Å². The Morgan fingerprint density at radius 2 is 1.83 bits per heavy atom. The molecule has 1 aromatic rings. The molecular formula is C17H26BrNO4S. The van der Waals surface area contributed by atoms with E-state index in [1.54, 1.807) is 24.3 Å². The number of ether oxygens (including phenoxy) is 1. The van der Waals surface area contributed by atoms with Crippen molar-refractivity contribution in [2.75, 3.05) is 12.3 Å². The van der Waals surface area contributed by atoms with Gasteiger partial charge in [-0.1, -0.05) is 34.8 Å². The van der Waals surface area contributed by atoms with Crippen LogP contribution in [0.2, 0.25) is 0 Å². The second-order valence-electron chi connectivity index (χ2n) is 6.62. The topological polar surface area (TPSA) is 72.5 Å². The molecule has 1 rings (SSSR count). The highest BCUT2D eigenvalue weighted by Gasteiger charge is 2.16. The SMILES string of the molecule is CC(C)(C)OC(=O)NCCCCCCS(=O)(=O)c1cccc(Br)c1. The number of carbonyl (C=O) groups excluding carboxylic acids is 1. The Labute approximate surface area is 153 Å². The van der Waals surface area contributed by atoms with Crippen LogP contribution in [-0.4, -0.2) is 32.4 Å². The fraction of sp³-hybridized carbons (Fsp3) is 0.588. The fourth-order valence-corrected chi connectivity index (χ4v) is 4.02. The van der Waals surface area contributed by atoms with E-state index >= 15 is 0 Å². The standard InChI is InChI=1S/C17H26BrNO4S/c1-17(2,3)23-16(20)19-11-6-4-5-7-12-24(21,22)15-10-8-9-14(18)13-15/h8-10,13H,4-7,11-12H2,1-3H3,(H,19,20). The van der Waals surface area contributed by atoms with Crippen molar-refractivity contribution in [3.05, 3.63) is 28.7 Å². The maximum absolute atomic E-state index is 12.2. The highest BCUT2D eigenvalue weighted by atomic mass is 79.9. The van der Waals surface area contributed by atoms with Crippen LogP contribution in [0.3, 0.4) is 0 Å². The van der Waals surface area contributed by atoms with Gasteiger partial charge < -0.3 is 10.1 Å². The van der Waals surface area contributed by atoms with Gasteiger partial charge in [-0.05, 0) is 51.8 Å². The van der Waals surface area contributed by atoms with Crippen LogP contribution in [0.1, 0.15) is 46.5 Å². The van der Waals surface area contributed by atoms with Gasteiger partial charge in [0.1, 0.15) is 5.60 Å². The number of carbonyl (C=O) groups is 1. The number of halogens is 1. The average Bonchev–Trinajstić information content (AvgIpc) is 2.44. The van der Waals surface area contributed by atoms with Crippen molar-refractivity contribution in [3.8, 4) is 0 Å². The van der Waals surface area contributed by atoms with E-state index in [0.29, 0.717) is 17.9 Å². The van der Waals surface area contributed by atoms with Gasteiger partial charge in [0.2, 0.25) is 0 Å². The molecule has 0 aliphatic heterocycles. The smallest absolute Gasteiger partial charge is 0.407 e. The van der Waals surface area contributed by atoms with Gasteiger partial charge in [-0.15, -0.1) is 0 Å². The third kappa shape index (κ3) is 8.68. The molecule has 0 spiro atoms. The van der Waals surface area contributed by atoms with E-state index in [9.17, 15) is 13.2 Å². The lowest BCUT2D eigenvalue weighted by molar-refractivity contribution is 0.0527. The number of amides is 1. The van der Waals surface area contributed by atoms with Crippen molar-refractivity contribution in [1.29, 1.82) is 0 Å². The van der Waals surface area contributed by atoms with Gasteiger partial charge >= 0.3 is 6.09 Å². The van der Waals surface area contributed by atoms with Crippen molar-refractivity contribution in [2.24, 2.45) is 0 Å². The maximum Gasteiger partial charge on any atom is 0.407 e. The molecule has 0 unspecified atom stereocenters. The van der Waals surface area contributed by atoms with Crippen molar-refractivity contribution in [3.63, 3.8) is 0 Å². The minimum absolute atomic E-state index is 0.142. The quantitative estimate of drug-likeness (QED) is 0.637. The average molecular weight is 420 g/mol. The summed E-state index contributed by atoms with van der Waals surface area (Å²) in [6.45, 7) is 5.99. The van der Waals surface area contributed by atoms with E-state index in [-0.39, 0.29) is 5.75 Å². The Kier molecular flexibility index (Phi) is 8.22. The van der Waals surface area contributed by atoms with Crippen LogP contribution in [-0.2, 0) is 14.6 Å². The molecule has 1 N–H and O–H groups in total. The van der Waals surface area contributed by atoms with Crippen molar-refractivity contribution < 1.29 is 17.9 Å². The van der Waals surface area contributed by atoms with E-state index in [1.165, 1.54) is 0 Å². The molecule has 1 aromatic carbocycles. The first-order valence-corrected chi connectivity index (χ1v) is 10.5. The maximum atomic E-state index is 12.2. The van der Waals surface area contributed by atoms with Gasteiger partial charge in [0.05, 0.1) is 10.6 Å². The lowest BCUT2D eigenvalue weighted by atomic mass is 10.2. The van der Waals surface area contributed by atoms with Crippen LogP contribution in [0.5, 0.6) is 0 Å². The summed E-state index contributed by atoms with van der Waals surface area (Å²) >= 11 is 3.29. The number of hydrogen-bond acceptors (Lipinski definition) is 4. The highest BCUT2D eigenvalue weighted by molar-refractivity contribution is 9.10. The summed E-state index contributed by atoms with van der Waals surface area (Å²) in [5.41, 5.74) is -0.495. The zero-order valence-corrected chi connectivity index (χ0v) is 16.9. The fourth-order valence-electron chi connectivity index (χ4n) is 2.05. The van der Waals surface area contributed by atoms with Crippen molar-refractivity contribution in [2.45, 2.75) is 57.0 Å². The molecule has 7 heteroatoms. The Hall–Kier alpha value is -1.08. The monoisotopic (exact) mass is 419 g/mol. The molecule has 136 valence electrons. The van der Waals surface area contributed by atoms with E-state index in [0.717, 1.165) is 23.7 Å². The van der Waals surface area contributed by atoms with E-state index in [4.69, 9.17) is 4.74 Å². The molecule has 0 aliphatic rings. The molecule has 0 atom stereocenters. The molecule has 0 radical (unpaired) electrons. The Morgan fingerprint density at radius 3 is 2.46 bits per heavy atom. The second kappa shape index (κ2) is 9.42. The lowest BCUT2D eigenvalue weighted by Crippen LogP contribution is -2.32. The summed E-state index contributed by atoms with van der Waals surface area (Å²) in [6, 6.07) is 6.76. The summed E-state index contributed by atoms with van der Waals surface area (Å²) in [7, 11) is -3.23. The molecule has 5 nitrogen and oxygen atoms in total. The normalized spacial score (nSPS) is 12.0. The largest absolute Gasteiger partial charge is 0.444 e. The van der Waals surface area contributed by atoms with Crippen LogP contribution in [0, 0.1) is 0 Å². The Balaban J connectivity index is 2.19. The number of benzene rings is 1. The molecule has 1 amide bonds. The van der Waals surface area contributed by atoms with Crippen LogP contribution < -0.4 is 5.32 Å². The predicted octanol–water partition coefficient (Wildman–Crippen LogP) is 4.31. The molecule has 0 heterocycles. The summed E-state index contributed by atoms with van der Waals surface area (Å²) in [5.74, 6) is 0.142. The van der Waals surface area contributed by atoms with E-state index in [2.05, 4.69) is 21.2 Å². The molecule has 0 aromatic heterocycles. The van der Waals surface area contributed by atoms with Gasteiger partial charge in [0.15, 0.2) is 9.84 Å². The number of unbranched alkanes of at least 4 members (excludes halogenated alkanes) is 3. The summed E-state index contributed by atoms with van der Waals surface area (Å²) in [5, 5.41) is 2.69. The number of sulfone groups is 1. The Bertz CT molecular complexity index is 638. The number of alkyl carbamates (subject to hydrolysis) is 1. The van der Waals surface area contributed by atoms with Crippen molar-refractivity contribution >= 4 is 31.9 Å². The zero-order valence-electron chi connectivity index (χ0n) is 14.5. The number of rotatable bonds is 8. The lowest BCUT2D eigenvalue weighted by Gasteiger charge is -2.19. The van der Waals surface area contributed by atoms with E-state index < -0.39 is 21.5 Å². The van der Waals surface area contributed by atoms with Crippen LogP contribution >= 0.6 is 15.9 Å². The molecular weight excluding hydrogens is 394 g/mol. The van der Waals surface area contributed by atoms with E-state index in [1.807, 2.05) is 20.8 Å². The zero-order chi connectivity index (χ0) is 18.2. The van der Waals surface area contributed by atoms with Crippen molar-refractivity contribution in [1.82, 2.24) is 5.32 Å². The first-order chi connectivity index (χ1) is 11.1. The molecule has 0 saturated carbocycles. The first-order valence-electron chi connectivity index (χ1n) is 8.05. The minimum Gasteiger partial charge on any atom is -0.444 e. The van der Waals surface area contributed by atoms with Gasteiger partial charge in [-0.3, -0.25) is 0 Å². The van der Waals surface area contributed by atoms with Gasteiger partial charge in [0, 0.05) is 11.0 Å². The summed E-state index contributed by atoms with van der Waals surface area (Å²) < 4.78 is 30.3. The third-order valence-electron chi connectivity index (χ3n) is 3.16. The molecule has 0 aliphatic carbocycles. The van der Waals surface area contributed by atoms with Crippen LogP contribution in [0.4, 0.5) is 4.79 Å². The summed E-state index contributed by atoms with van der Waals surface area (Å²) in [6.07, 6.45) is 2.67. The van der Waals surface area contributed by atoms with Gasteiger partial charge in [-0.25, -0.2) is 13.2 Å². The molecule has 0 bridgehead atoms. The van der Waals surface area contributed by atoms with Gasteiger partial charge in [0.25, 0.3) is 0 Å². The second-order valence-corrected chi connectivity index (χ2v) is 9.64. The van der Waals surface area contributed by atoms with Crippen LogP contribution in [0.15, 0.2) is 33.6 Å².